The molecule has 1 heterocycles. The number of nitrogens with zero attached hydrogens (tertiary/aromatic N) is 1. The Morgan fingerprint density at radius 3 is 2.64 bits per heavy atom. The van der Waals surface area contributed by atoms with Crippen LogP contribution < -0.4 is 14.8 Å². The SMILES string of the molecule is COc1ccc(CCN2CC(C(=O)NC(C)CCC(=O)O)CC2=O)cc1OC. The lowest BCUT2D eigenvalue weighted by molar-refractivity contribution is -0.137. The van der Waals surface area contributed by atoms with Crippen LogP contribution >= 0.6 is 0 Å². The summed E-state index contributed by atoms with van der Waals surface area (Å²) in [5.74, 6) is -0.236. The molecule has 2 rings (SSSR count). The van der Waals surface area contributed by atoms with Gasteiger partial charge in [0.05, 0.1) is 20.1 Å². The Labute approximate surface area is 164 Å². The zero-order valence-corrected chi connectivity index (χ0v) is 16.6. The fourth-order valence-corrected chi connectivity index (χ4v) is 3.24. The summed E-state index contributed by atoms with van der Waals surface area (Å²) in [6.45, 7) is 2.67. The van der Waals surface area contributed by atoms with Crippen molar-refractivity contribution in [3.63, 3.8) is 0 Å². The lowest BCUT2D eigenvalue weighted by Gasteiger charge is -2.18. The fraction of sp³-hybridized carbons (Fsp3) is 0.550. The van der Waals surface area contributed by atoms with E-state index < -0.39 is 11.9 Å². The second-order valence-electron chi connectivity index (χ2n) is 7.02. The van der Waals surface area contributed by atoms with Gasteiger partial charge < -0.3 is 24.8 Å². The van der Waals surface area contributed by atoms with Crippen LogP contribution in [-0.2, 0) is 20.8 Å². The van der Waals surface area contributed by atoms with Crippen molar-refractivity contribution in [2.45, 2.75) is 38.6 Å². The third kappa shape index (κ3) is 5.87. The van der Waals surface area contributed by atoms with Crippen molar-refractivity contribution in [1.82, 2.24) is 10.2 Å². The van der Waals surface area contributed by atoms with Gasteiger partial charge in [-0.1, -0.05) is 6.07 Å². The highest BCUT2D eigenvalue weighted by molar-refractivity contribution is 5.89. The van der Waals surface area contributed by atoms with Gasteiger partial charge in [0.2, 0.25) is 11.8 Å². The number of hydrogen-bond donors (Lipinski definition) is 2. The number of amides is 2. The van der Waals surface area contributed by atoms with Gasteiger partial charge in [0.25, 0.3) is 0 Å². The Kier molecular flexibility index (Phi) is 7.66. The van der Waals surface area contributed by atoms with Gasteiger partial charge in [0.1, 0.15) is 0 Å². The van der Waals surface area contributed by atoms with E-state index in [9.17, 15) is 14.4 Å². The third-order valence-corrected chi connectivity index (χ3v) is 4.88. The predicted octanol–water partition coefficient (Wildman–Crippen LogP) is 1.46. The maximum Gasteiger partial charge on any atom is 0.303 e. The predicted molar refractivity (Wildman–Crippen MR) is 102 cm³/mol. The summed E-state index contributed by atoms with van der Waals surface area (Å²) in [5.41, 5.74) is 1.01. The van der Waals surface area contributed by atoms with Crippen LogP contribution in [0.3, 0.4) is 0 Å². The molecule has 1 aromatic rings. The summed E-state index contributed by atoms with van der Waals surface area (Å²) < 4.78 is 10.5. The van der Waals surface area contributed by atoms with Gasteiger partial charge in [-0.2, -0.15) is 0 Å². The topological polar surface area (TPSA) is 105 Å². The Bertz CT molecular complexity index is 721. The number of methoxy groups -OCH3 is 2. The van der Waals surface area contributed by atoms with Crippen LogP contribution in [0.5, 0.6) is 11.5 Å². The number of ether oxygens (including phenoxy) is 2. The molecular weight excluding hydrogens is 364 g/mol. The van der Waals surface area contributed by atoms with Crippen molar-refractivity contribution >= 4 is 17.8 Å². The molecule has 1 saturated heterocycles. The maximum absolute atomic E-state index is 12.4. The van der Waals surface area contributed by atoms with Crippen molar-refractivity contribution in [2.24, 2.45) is 5.92 Å². The number of likely N-dealkylation sites (tertiary alicyclic amines) is 1. The van der Waals surface area contributed by atoms with Gasteiger partial charge in [0.15, 0.2) is 11.5 Å². The first-order valence-electron chi connectivity index (χ1n) is 9.34. The number of carbonyl (C=O) groups excluding carboxylic acids is 2. The van der Waals surface area contributed by atoms with E-state index in [0.29, 0.717) is 37.4 Å². The van der Waals surface area contributed by atoms with E-state index in [1.54, 1.807) is 26.0 Å². The molecule has 1 fully saturated rings. The van der Waals surface area contributed by atoms with Crippen molar-refractivity contribution in [3.8, 4) is 11.5 Å². The molecule has 28 heavy (non-hydrogen) atoms. The molecule has 2 atom stereocenters. The standard InChI is InChI=1S/C20H28N2O6/c1-13(4-7-19(24)25)21-20(26)15-11-18(23)22(12-15)9-8-14-5-6-16(27-2)17(10-14)28-3/h5-6,10,13,15H,4,7-9,11-12H2,1-3H3,(H,21,26)(H,24,25). The van der Waals surface area contributed by atoms with Crippen LogP contribution in [0, 0.1) is 5.92 Å². The van der Waals surface area contributed by atoms with Crippen LogP contribution in [0.1, 0.15) is 31.7 Å². The Balaban J connectivity index is 1.85. The number of nitrogens with one attached hydrogen (secondary N) is 1. The molecule has 1 aromatic carbocycles. The number of carboxylic acids is 1. The van der Waals surface area contributed by atoms with Gasteiger partial charge >= 0.3 is 5.97 Å². The van der Waals surface area contributed by atoms with Crippen LogP contribution in [-0.4, -0.2) is 61.1 Å². The van der Waals surface area contributed by atoms with E-state index in [2.05, 4.69) is 5.32 Å². The second kappa shape index (κ2) is 9.96. The lowest BCUT2D eigenvalue weighted by atomic mass is 10.1. The van der Waals surface area contributed by atoms with Crippen LogP contribution in [0.2, 0.25) is 0 Å². The third-order valence-electron chi connectivity index (χ3n) is 4.88. The van der Waals surface area contributed by atoms with E-state index in [4.69, 9.17) is 14.6 Å². The quantitative estimate of drug-likeness (QED) is 0.625. The summed E-state index contributed by atoms with van der Waals surface area (Å²) in [5, 5.41) is 11.5. The molecule has 8 nitrogen and oxygen atoms in total. The average Bonchev–Trinajstić information content (AvgIpc) is 3.05. The number of rotatable bonds is 10. The summed E-state index contributed by atoms with van der Waals surface area (Å²) in [7, 11) is 3.15. The summed E-state index contributed by atoms with van der Waals surface area (Å²) in [6, 6.07) is 5.40. The van der Waals surface area contributed by atoms with Crippen molar-refractivity contribution in [1.29, 1.82) is 0 Å². The highest BCUT2D eigenvalue weighted by Gasteiger charge is 2.34. The summed E-state index contributed by atoms with van der Waals surface area (Å²) in [4.78, 5) is 36.9. The zero-order valence-electron chi connectivity index (χ0n) is 16.6. The summed E-state index contributed by atoms with van der Waals surface area (Å²) in [6.07, 6.45) is 1.20. The number of hydrogen-bond acceptors (Lipinski definition) is 5. The fourth-order valence-electron chi connectivity index (χ4n) is 3.24. The van der Waals surface area contributed by atoms with Gasteiger partial charge in [-0.15, -0.1) is 0 Å². The molecule has 1 aliphatic heterocycles. The van der Waals surface area contributed by atoms with Gasteiger partial charge in [0, 0.05) is 32.0 Å². The minimum absolute atomic E-state index is 0.00247. The molecule has 0 aromatic heterocycles. The Morgan fingerprint density at radius 1 is 1.29 bits per heavy atom. The molecular formula is C20H28N2O6. The first-order valence-corrected chi connectivity index (χ1v) is 9.34. The molecule has 2 N–H and O–H groups in total. The Hall–Kier alpha value is -2.77. The average molecular weight is 392 g/mol. The van der Waals surface area contributed by atoms with E-state index in [-0.39, 0.29) is 30.7 Å². The monoisotopic (exact) mass is 392 g/mol. The molecule has 2 unspecified atom stereocenters. The minimum atomic E-state index is -0.890. The molecule has 1 aliphatic rings. The largest absolute Gasteiger partial charge is 0.493 e. The maximum atomic E-state index is 12.4. The molecule has 0 radical (unpaired) electrons. The molecule has 154 valence electrons. The first-order chi connectivity index (χ1) is 13.3. The van der Waals surface area contributed by atoms with E-state index >= 15 is 0 Å². The van der Waals surface area contributed by atoms with Crippen molar-refractivity contribution < 1.29 is 29.0 Å². The van der Waals surface area contributed by atoms with Gasteiger partial charge in [-0.25, -0.2) is 0 Å². The summed E-state index contributed by atoms with van der Waals surface area (Å²) >= 11 is 0. The van der Waals surface area contributed by atoms with Gasteiger partial charge in [-0.05, 0) is 37.5 Å². The smallest absolute Gasteiger partial charge is 0.303 e. The molecule has 8 heteroatoms. The van der Waals surface area contributed by atoms with Crippen LogP contribution in [0.15, 0.2) is 18.2 Å². The van der Waals surface area contributed by atoms with Crippen molar-refractivity contribution in [3.05, 3.63) is 23.8 Å². The highest BCUT2D eigenvalue weighted by Crippen LogP contribution is 2.28. The van der Waals surface area contributed by atoms with E-state index in [1.807, 2.05) is 18.2 Å². The number of benzene rings is 1. The molecule has 0 bridgehead atoms. The van der Waals surface area contributed by atoms with Crippen molar-refractivity contribution in [2.75, 3.05) is 27.3 Å². The molecule has 2 amide bonds. The lowest BCUT2D eigenvalue weighted by Crippen LogP contribution is -2.38. The number of carbonyl (C=O) groups is 3. The first kappa shape index (κ1) is 21.5. The van der Waals surface area contributed by atoms with E-state index in [1.165, 1.54) is 0 Å². The zero-order chi connectivity index (χ0) is 20.7. The minimum Gasteiger partial charge on any atom is -0.493 e. The normalized spacial score (nSPS) is 17.3. The number of aliphatic carboxylic acids is 1. The highest BCUT2D eigenvalue weighted by atomic mass is 16.5. The molecule has 0 spiro atoms. The Morgan fingerprint density at radius 2 is 2.00 bits per heavy atom. The van der Waals surface area contributed by atoms with Crippen LogP contribution in [0.25, 0.3) is 0 Å². The second-order valence-corrected chi connectivity index (χ2v) is 7.02. The number of carboxylic acid groups (broad SMARTS) is 1. The molecule has 0 aliphatic carbocycles. The van der Waals surface area contributed by atoms with Crippen LogP contribution in [0.4, 0.5) is 0 Å². The molecule has 0 saturated carbocycles. The van der Waals surface area contributed by atoms with E-state index in [0.717, 1.165) is 5.56 Å². The van der Waals surface area contributed by atoms with Gasteiger partial charge in [-0.3, -0.25) is 14.4 Å².